The molecule has 1 saturated heterocycles. The van der Waals surface area contributed by atoms with E-state index in [2.05, 4.69) is 20.2 Å². The van der Waals surface area contributed by atoms with Gasteiger partial charge in [0.15, 0.2) is 11.5 Å². The van der Waals surface area contributed by atoms with E-state index >= 15 is 0 Å². The van der Waals surface area contributed by atoms with Crippen LogP contribution in [0.3, 0.4) is 0 Å². The summed E-state index contributed by atoms with van der Waals surface area (Å²) in [6, 6.07) is 14.1. The molecule has 3 aromatic rings. The van der Waals surface area contributed by atoms with E-state index in [4.69, 9.17) is 14.6 Å². The number of piperidine rings is 1. The van der Waals surface area contributed by atoms with Gasteiger partial charge in [0.2, 0.25) is 5.95 Å². The molecule has 0 saturated carbocycles. The lowest BCUT2D eigenvalue weighted by molar-refractivity contribution is 0.0696. The normalized spacial score (nSPS) is 15.3. The van der Waals surface area contributed by atoms with E-state index in [1.54, 1.807) is 12.1 Å². The molecule has 35 heavy (non-hydrogen) atoms. The van der Waals surface area contributed by atoms with Crippen LogP contribution in [0.4, 0.5) is 5.95 Å². The molecule has 2 aromatic carbocycles. The number of carboxylic acid groups (broad SMARTS) is 1. The summed E-state index contributed by atoms with van der Waals surface area (Å²) in [4.78, 5) is 34.5. The molecular formula is C26H28N4O5. The zero-order chi connectivity index (χ0) is 24.6. The Balaban J connectivity index is 1.34. The molecule has 0 spiro atoms. The van der Waals surface area contributed by atoms with Crippen LogP contribution in [-0.2, 0) is 6.54 Å². The SMILES string of the molecule is CCOc1ccccc1O[C@@H]1CCCN(c2ncc(C(=O)NCc3cccc(C(=O)O)c3)cn2)C1. The van der Waals surface area contributed by atoms with Crippen LogP contribution in [0, 0.1) is 0 Å². The van der Waals surface area contributed by atoms with E-state index in [0.717, 1.165) is 30.9 Å². The number of hydrogen-bond acceptors (Lipinski definition) is 7. The lowest BCUT2D eigenvalue weighted by Gasteiger charge is -2.33. The third-order valence-electron chi connectivity index (χ3n) is 5.63. The van der Waals surface area contributed by atoms with Gasteiger partial charge in [-0.15, -0.1) is 0 Å². The molecule has 1 aliphatic heterocycles. The van der Waals surface area contributed by atoms with Crippen LogP contribution in [0.5, 0.6) is 11.5 Å². The van der Waals surface area contributed by atoms with Gasteiger partial charge >= 0.3 is 5.97 Å². The molecule has 1 aromatic heterocycles. The van der Waals surface area contributed by atoms with Gasteiger partial charge in [0.05, 0.1) is 24.3 Å². The molecule has 1 aliphatic rings. The molecule has 2 heterocycles. The van der Waals surface area contributed by atoms with Crippen molar-refractivity contribution >= 4 is 17.8 Å². The Morgan fingerprint density at radius 1 is 1.09 bits per heavy atom. The average Bonchev–Trinajstić information content (AvgIpc) is 2.89. The van der Waals surface area contributed by atoms with E-state index in [9.17, 15) is 9.59 Å². The molecule has 0 radical (unpaired) electrons. The van der Waals surface area contributed by atoms with Crippen molar-refractivity contribution in [3.05, 3.63) is 77.6 Å². The Hall–Kier alpha value is -4.14. The predicted octanol–water partition coefficient (Wildman–Crippen LogP) is 3.55. The third-order valence-corrected chi connectivity index (χ3v) is 5.63. The van der Waals surface area contributed by atoms with Gasteiger partial charge in [-0.05, 0) is 49.6 Å². The van der Waals surface area contributed by atoms with Gasteiger partial charge in [0.1, 0.15) is 6.10 Å². The first-order valence-electron chi connectivity index (χ1n) is 11.6. The van der Waals surface area contributed by atoms with Crippen LogP contribution in [0.25, 0.3) is 0 Å². The smallest absolute Gasteiger partial charge is 0.335 e. The number of ether oxygens (including phenoxy) is 2. The summed E-state index contributed by atoms with van der Waals surface area (Å²) in [6.07, 6.45) is 4.82. The molecule has 1 atom stereocenters. The Kier molecular flexibility index (Phi) is 7.77. The standard InChI is InChI=1S/C26H28N4O5/c1-2-34-22-10-3-4-11-23(22)35-21-9-6-12-30(17-21)26-28-15-20(16-29-26)24(31)27-14-18-7-5-8-19(13-18)25(32)33/h3-5,7-8,10-11,13,15-16,21H,2,6,9,12,14,17H2,1H3,(H,27,31)(H,32,33)/t21-/m1/s1. The highest BCUT2D eigenvalue weighted by Crippen LogP contribution is 2.29. The Labute approximate surface area is 203 Å². The highest BCUT2D eigenvalue weighted by Gasteiger charge is 2.24. The molecular weight excluding hydrogens is 448 g/mol. The summed E-state index contributed by atoms with van der Waals surface area (Å²) in [7, 11) is 0. The molecule has 2 N–H and O–H groups in total. The average molecular weight is 477 g/mol. The number of benzene rings is 2. The van der Waals surface area contributed by atoms with Gasteiger partial charge in [0.25, 0.3) is 5.91 Å². The van der Waals surface area contributed by atoms with Crippen LogP contribution < -0.4 is 19.7 Å². The van der Waals surface area contributed by atoms with Crippen LogP contribution in [-0.4, -0.2) is 52.8 Å². The van der Waals surface area contributed by atoms with Gasteiger partial charge in [-0.2, -0.15) is 0 Å². The number of nitrogens with one attached hydrogen (secondary N) is 1. The van der Waals surface area contributed by atoms with Crippen molar-refractivity contribution in [3.8, 4) is 11.5 Å². The van der Waals surface area contributed by atoms with E-state index in [0.29, 0.717) is 30.2 Å². The Morgan fingerprint density at radius 3 is 2.60 bits per heavy atom. The molecule has 9 heteroatoms. The quantitative estimate of drug-likeness (QED) is 0.482. The second kappa shape index (κ2) is 11.3. The number of hydrogen-bond donors (Lipinski definition) is 2. The third kappa shape index (κ3) is 6.26. The van der Waals surface area contributed by atoms with Crippen LogP contribution in [0.2, 0.25) is 0 Å². The Morgan fingerprint density at radius 2 is 1.86 bits per heavy atom. The minimum atomic E-state index is -1.01. The highest BCUT2D eigenvalue weighted by molar-refractivity contribution is 5.93. The lowest BCUT2D eigenvalue weighted by atomic mass is 10.1. The molecule has 182 valence electrons. The summed E-state index contributed by atoms with van der Waals surface area (Å²) >= 11 is 0. The number of amides is 1. The molecule has 1 fully saturated rings. The number of para-hydroxylation sites is 2. The summed E-state index contributed by atoms with van der Waals surface area (Å²) in [5.74, 6) is 0.661. The molecule has 1 amide bonds. The van der Waals surface area contributed by atoms with Crippen molar-refractivity contribution < 1.29 is 24.2 Å². The van der Waals surface area contributed by atoms with E-state index in [1.807, 2.05) is 31.2 Å². The van der Waals surface area contributed by atoms with Crippen LogP contribution >= 0.6 is 0 Å². The highest BCUT2D eigenvalue weighted by atomic mass is 16.5. The van der Waals surface area contributed by atoms with Gasteiger partial charge in [-0.25, -0.2) is 14.8 Å². The van der Waals surface area contributed by atoms with Gasteiger partial charge in [-0.1, -0.05) is 24.3 Å². The van der Waals surface area contributed by atoms with E-state index in [1.165, 1.54) is 24.5 Å². The van der Waals surface area contributed by atoms with E-state index in [-0.39, 0.29) is 24.1 Å². The minimum Gasteiger partial charge on any atom is -0.490 e. The molecule has 0 bridgehead atoms. The summed E-state index contributed by atoms with van der Waals surface area (Å²) in [5, 5.41) is 11.9. The van der Waals surface area contributed by atoms with Crippen molar-refractivity contribution in [1.82, 2.24) is 15.3 Å². The molecule has 0 aliphatic carbocycles. The lowest BCUT2D eigenvalue weighted by Crippen LogP contribution is -2.42. The molecule has 0 unspecified atom stereocenters. The maximum absolute atomic E-state index is 12.5. The van der Waals surface area contributed by atoms with Crippen LogP contribution in [0.1, 0.15) is 46.0 Å². The number of carboxylic acids is 1. The topological polar surface area (TPSA) is 114 Å². The van der Waals surface area contributed by atoms with Crippen molar-refractivity contribution in [2.45, 2.75) is 32.4 Å². The largest absolute Gasteiger partial charge is 0.490 e. The fourth-order valence-electron chi connectivity index (χ4n) is 3.92. The second-order valence-electron chi connectivity index (χ2n) is 8.17. The maximum atomic E-state index is 12.5. The fraction of sp³-hybridized carbons (Fsp3) is 0.308. The van der Waals surface area contributed by atoms with Crippen molar-refractivity contribution in [1.29, 1.82) is 0 Å². The van der Waals surface area contributed by atoms with Crippen LogP contribution in [0.15, 0.2) is 60.9 Å². The fourth-order valence-corrected chi connectivity index (χ4v) is 3.92. The van der Waals surface area contributed by atoms with Crippen molar-refractivity contribution in [3.63, 3.8) is 0 Å². The van der Waals surface area contributed by atoms with Gasteiger partial charge < -0.3 is 24.8 Å². The number of carbonyl (C=O) groups excluding carboxylic acids is 1. The number of anilines is 1. The minimum absolute atomic E-state index is 0.0292. The van der Waals surface area contributed by atoms with Gasteiger partial charge in [-0.3, -0.25) is 4.79 Å². The summed E-state index contributed by atoms with van der Waals surface area (Å²) < 4.78 is 11.9. The zero-order valence-electron chi connectivity index (χ0n) is 19.5. The van der Waals surface area contributed by atoms with Crippen molar-refractivity contribution in [2.24, 2.45) is 0 Å². The van der Waals surface area contributed by atoms with E-state index < -0.39 is 5.97 Å². The number of rotatable bonds is 9. The first-order chi connectivity index (χ1) is 17.0. The number of aromatic nitrogens is 2. The maximum Gasteiger partial charge on any atom is 0.335 e. The number of nitrogens with zero attached hydrogens (tertiary/aromatic N) is 3. The summed E-state index contributed by atoms with van der Waals surface area (Å²) in [5.41, 5.74) is 1.20. The number of aromatic carboxylic acids is 1. The second-order valence-corrected chi connectivity index (χ2v) is 8.17. The zero-order valence-corrected chi connectivity index (χ0v) is 19.5. The summed E-state index contributed by atoms with van der Waals surface area (Å²) in [6.45, 7) is 4.15. The monoisotopic (exact) mass is 476 g/mol. The predicted molar refractivity (Wildman–Crippen MR) is 130 cm³/mol. The first-order valence-corrected chi connectivity index (χ1v) is 11.6. The van der Waals surface area contributed by atoms with Crippen molar-refractivity contribution in [2.75, 3.05) is 24.6 Å². The molecule has 4 rings (SSSR count). The number of carbonyl (C=O) groups is 2. The Bertz CT molecular complexity index is 1170. The van der Waals surface area contributed by atoms with Gasteiger partial charge in [0, 0.05) is 25.5 Å². The first kappa shape index (κ1) is 24.0. The molecule has 9 nitrogen and oxygen atoms in total.